The molecule has 0 spiro atoms. The zero-order valence-electron chi connectivity index (χ0n) is 17.5. The summed E-state index contributed by atoms with van der Waals surface area (Å²) in [6.07, 6.45) is 0.814. The molecule has 0 saturated carbocycles. The summed E-state index contributed by atoms with van der Waals surface area (Å²) in [5.41, 5.74) is 2.74. The minimum absolute atomic E-state index is 0.265. The maximum absolute atomic E-state index is 13.4. The lowest BCUT2D eigenvalue weighted by atomic mass is 10.1. The second-order valence-electron chi connectivity index (χ2n) is 7.62. The van der Waals surface area contributed by atoms with E-state index in [0.29, 0.717) is 30.3 Å². The molecule has 3 heterocycles. The Hall–Kier alpha value is -2.62. The van der Waals surface area contributed by atoms with Gasteiger partial charge in [-0.3, -0.25) is 0 Å². The van der Waals surface area contributed by atoms with Crippen LogP contribution in [0.5, 0.6) is 0 Å². The Bertz CT molecular complexity index is 1130. The number of likely N-dealkylation sites (N-methyl/N-ethyl adjacent to an activating group) is 1. The van der Waals surface area contributed by atoms with E-state index in [0.717, 1.165) is 30.8 Å². The first-order chi connectivity index (χ1) is 14.4. The molecule has 1 aliphatic heterocycles. The van der Waals surface area contributed by atoms with Crippen molar-refractivity contribution < 1.29 is 8.42 Å². The molecule has 158 valence electrons. The van der Waals surface area contributed by atoms with Crippen LogP contribution in [0.3, 0.4) is 0 Å². The first kappa shape index (κ1) is 20.6. The van der Waals surface area contributed by atoms with Gasteiger partial charge in [0.1, 0.15) is 4.90 Å². The van der Waals surface area contributed by atoms with Crippen LogP contribution in [0.25, 0.3) is 17.1 Å². The third kappa shape index (κ3) is 3.88. The molecule has 1 aliphatic rings. The van der Waals surface area contributed by atoms with Gasteiger partial charge in [-0.25, -0.2) is 13.1 Å². The minimum atomic E-state index is -3.63. The van der Waals surface area contributed by atoms with Crippen molar-refractivity contribution in [1.82, 2.24) is 29.2 Å². The Morgan fingerprint density at radius 2 is 1.67 bits per heavy atom. The van der Waals surface area contributed by atoms with E-state index in [1.165, 1.54) is 0 Å². The maximum atomic E-state index is 13.4. The standard InChI is InChI=1S/C21H26N6O2S/c1-16-21(30(28,29)26-13-7-12-25(3)14-15-26)17(2)27(24-16)20-11-10-19(22-23-20)18-8-5-4-6-9-18/h4-6,8-11H,7,12-15H2,1-3H3. The molecule has 0 bridgehead atoms. The molecule has 30 heavy (non-hydrogen) atoms. The second-order valence-corrected chi connectivity index (χ2v) is 9.49. The summed E-state index contributed by atoms with van der Waals surface area (Å²) in [6, 6.07) is 13.5. The van der Waals surface area contributed by atoms with E-state index in [1.54, 1.807) is 22.8 Å². The van der Waals surface area contributed by atoms with Crippen LogP contribution >= 0.6 is 0 Å². The van der Waals surface area contributed by atoms with Crippen LogP contribution in [0.1, 0.15) is 17.8 Å². The van der Waals surface area contributed by atoms with Crippen molar-refractivity contribution in [2.75, 3.05) is 33.2 Å². The lowest BCUT2D eigenvalue weighted by Crippen LogP contribution is -2.35. The molecule has 0 amide bonds. The third-order valence-corrected chi connectivity index (χ3v) is 7.59. The quantitative estimate of drug-likeness (QED) is 0.636. The zero-order valence-corrected chi connectivity index (χ0v) is 18.3. The fraction of sp³-hybridized carbons (Fsp3) is 0.381. The van der Waals surface area contributed by atoms with E-state index in [9.17, 15) is 8.42 Å². The SMILES string of the molecule is Cc1nn(-c2ccc(-c3ccccc3)nn2)c(C)c1S(=O)(=O)N1CCCN(C)CC1. The summed E-state index contributed by atoms with van der Waals surface area (Å²) in [5.74, 6) is 0.493. The summed E-state index contributed by atoms with van der Waals surface area (Å²) in [5, 5.41) is 13.1. The van der Waals surface area contributed by atoms with Crippen LogP contribution < -0.4 is 0 Å². The van der Waals surface area contributed by atoms with Gasteiger partial charge in [-0.1, -0.05) is 30.3 Å². The van der Waals surface area contributed by atoms with Crippen molar-refractivity contribution in [3.05, 3.63) is 53.9 Å². The van der Waals surface area contributed by atoms with Gasteiger partial charge in [0, 0.05) is 25.2 Å². The molecule has 0 N–H and O–H groups in total. The van der Waals surface area contributed by atoms with Crippen LogP contribution in [-0.2, 0) is 10.0 Å². The lowest BCUT2D eigenvalue weighted by molar-refractivity contribution is 0.347. The Morgan fingerprint density at radius 1 is 0.900 bits per heavy atom. The summed E-state index contributed by atoms with van der Waals surface area (Å²) < 4.78 is 29.9. The number of aryl methyl sites for hydroxylation is 1. The Morgan fingerprint density at radius 3 is 2.37 bits per heavy atom. The van der Waals surface area contributed by atoms with Gasteiger partial charge < -0.3 is 4.90 Å². The molecule has 1 saturated heterocycles. The fourth-order valence-corrected chi connectivity index (χ4v) is 5.64. The normalized spacial score (nSPS) is 16.5. The number of hydrogen-bond donors (Lipinski definition) is 0. The predicted molar refractivity (Wildman–Crippen MR) is 115 cm³/mol. The second kappa shape index (κ2) is 8.25. The van der Waals surface area contributed by atoms with Crippen molar-refractivity contribution in [3.8, 4) is 17.1 Å². The number of nitrogens with zero attached hydrogens (tertiary/aromatic N) is 6. The van der Waals surface area contributed by atoms with Gasteiger partial charge in [0.2, 0.25) is 10.0 Å². The Kier molecular flexibility index (Phi) is 5.68. The number of rotatable bonds is 4. The molecule has 1 aromatic carbocycles. The lowest BCUT2D eigenvalue weighted by Gasteiger charge is -2.20. The predicted octanol–water partition coefficient (Wildman–Crippen LogP) is 2.27. The van der Waals surface area contributed by atoms with Crippen LogP contribution in [-0.4, -0.2) is 70.8 Å². The van der Waals surface area contributed by atoms with Crippen molar-refractivity contribution in [2.24, 2.45) is 0 Å². The largest absolute Gasteiger partial charge is 0.305 e. The van der Waals surface area contributed by atoms with E-state index in [-0.39, 0.29) is 4.90 Å². The highest BCUT2D eigenvalue weighted by Crippen LogP contribution is 2.26. The summed E-state index contributed by atoms with van der Waals surface area (Å²) in [4.78, 5) is 2.42. The Labute approximate surface area is 177 Å². The first-order valence-electron chi connectivity index (χ1n) is 10.0. The van der Waals surface area contributed by atoms with E-state index >= 15 is 0 Å². The van der Waals surface area contributed by atoms with Gasteiger partial charge in [0.25, 0.3) is 0 Å². The summed E-state index contributed by atoms with van der Waals surface area (Å²) >= 11 is 0. The Balaban J connectivity index is 1.67. The van der Waals surface area contributed by atoms with Gasteiger partial charge >= 0.3 is 0 Å². The molecule has 9 heteroatoms. The number of benzene rings is 1. The molecular weight excluding hydrogens is 400 g/mol. The van der Waals surface area contributed by atoms with E-state index in [2.05, 4.69) is 20.2 Å². The topological polar surface area (TPSA) is 84.2 Å². The van der Waals surface area contributed by atoms with Gasteiger partial charge in [-0.05, 0) is 46.0 Å². The number of aromatic nitrogens is 4. The smallest absolute Gasteiger partial charge is 0.246 e. The number of hydrogen-bond acceptors (Lipinski definition) is 6. The summed E-state index contributed by atoms with van der Waals surface area (Å²) in [7, 11) is -1.62. The molecule has 0 unspecified atom stereocenters. The average Bonchev–Trinajstić information content (AvgIpc) is 2.89. The molecule has 0 aliphatic carbocycles. The van der Waals surface area contributed by atoms with E-state index < -0.39 is 10.0 Å². The first-order valence-corrected chi connectivity index (χ1v) is 11.5. The molecule has 1 fully saturated rings. The van der Waals surface area contributed by atoms with E-state index in [1.807, 2.05) is 49.5 Å². The molecule has 2 aromatic heterocycles. The van der Waals surface area contributed by atoms with Gasteiger partial charge in [0.15, 0.2) is 5.82 Å². The van der Waals surface area contributed by atoms with Crippen LogP contribution in [0.2, 0.25) is 0 Å². The maximum Gasteiger partial charge on any atom is 0.246 e. The van der Waals surface area contributed by atoms with Crippen molar-refractivity contribution in [2.45, 2.75) is 25.2 Å². The minimum Gasteiger partial charge on any atom is -0.305 e. The van der Waals surface area contributed by atoms with Crippen LogP contribution in [0.15, 0.2) is 47.4 Å². The van der Waals surface area contributed by atoms with Gasteiger partial charge in [0.05, 0.1) is 17.1 Å². The zero-order chi connectivity index (χ0) is 21.3. The van der Waals surface area contributed by atoms with Crippen molar-refractivity contribution in [1.29, 1.82) is 0 Å². The molecule has 0 radical (unpaired) electrons. The highest BCUT2D eigenvalue weighted by atomic mass is 32.2. The van der Waals surface area contributed by atoms with Crippen LogP contribution in [0, 0.1) is 13.8 Å². The highest BCUT2D eigenvalue weighted by molar-refractivity contribution is 7.89. The molecule has 3 aromatic rings. The molecule has 8 nitrogen and oxygen atoms in total. The van der Waals surface area contributed by atoms with Crippen LogP contribution in [0.4, 0.5) is 0 Å². The monoisotopic (exact) mass is 426 g/mol. The van der Waals surface area contributed by atoms with Gasteiger partial charge in [-0.15, -0.1) is 10.2 Å². The van der Waals surface area contributed by atoms with Crippen molar-refractivity contribution >= 4 is 10.0 Å². The van der Waals surface area contributed by atoms with Gasteiger partial charge in [-0.2, -0.15) is 9.40 Å². The van der Waals surface area contributed by atoms with Crippen molar-refractivity contribution in [3.63, 3.8) is 0 Å². The third-order valence-electron chi connectivity index (χ3n) is 5.44. The number of sulfonamides is 1. The molecule has 4 rings (SSSR count). The van der Waals surface area contributed by atoms with E-state index in [4.69, 9.17) is 0 Å². The molecular formula is C21H26N6O2S. The fourth-order valence-electron chi connectivity index (χ4n) is 3.82. The average molecular weight is 427 g/mol. The summed E-state index contributed by atoms with van der Waals surface area (Å²) in [6.45, 7) is 6.11. The highest BCUT2D eigenvalue weighted by Gasteiger charge is 2.32. The molecule has 0 atom stereocenters.